The molecule has 2 aromatic rings. The van der Waals surface area contributed by atoms with Gasteiger partial charge in [-0.3, -0.25) is 14.4 Å². The van der Waals surface area contributed by atoms with Crippen molar-refractivity contribution in [1.29, 1.82) is 0 Å². The highest BCUT2D eigenvalue weighted by molar-refractivity contribution is 7.14. The van der Waals surface area contributed by atoms with Gasteiger partial charge in [-0.2, -0.15) is 0 Å². The smallest absolute Gasteiger partial charge is 0.264 e. The number of carbonyl (C=O) groups is 2. The van der Waals surface area contributed by atoms with E-state index in [2.05, 4.69) is 0 Å². The van der Waals surface area contributed by atoms with Gasteiger partial charge in [0.05, 0.1) is 11.0 Å². The van der Waals surface area contributed by atoms with Gasteiger partial charge in [-0.25, -0.2) is 0 Å². The second kappa shape index (κ2) is 6.94. The van der Waals surface area contributed by atoms with Crippen molar-refractivity contribution in [2.45, 2.75) is 31.9 Å². The van der Waals surface area contributed by atoms with E-state index in [0.717, 1.165) is 29.9 Å². The van der Waals surface area contributed by atoms with E-state index in [1.54, 1.807) is 18.1 Å². The van der Waals surface area contributed by atoms with Crippen LogP contribution in [0.5, 0.6) is 0 Å². The molecule has 2 aliphatic rings. The van der Waals surface area contributed by atoms with Crippen LogP contribution >= 0.6 is 11.3 Å². The number of nitrogens with two attached hydrogens (primary N) is 1. The van der Waals surface area contributed by atoms with Crippen molar-refractivity contribution in [2.75, 3.05) is 13.2 Å². The number of primary amides is 1. The van der Waals surface area contributed by atoms with Crippen molar-refractivity contribution in [2.24, 2.45) is 12.8 Å². The Kier molecular flexibility index (Phi) is 4.61. The van der Waals surface area contributed by atoms with E-state index in [-0.39, 0.29) is 23.1 Å². The lowest BCUT2D eigenvalue weighted by Gasteiger charge is -2.29. The Labute approximate surface area is 160 Å². The van der Waals surface area contributed by atoms with Crippen molar-refractivity contribution in [3.63, 3.8) is 0 Å². The molecule has 0 aliphatic carbocycles. The van der Waals surface area contributed by atoms with E-state index in [0.29, 0.717) is 30.0 Å². The maximum absolute atomic E-state index is 12.9. The van der Waals surface area contributed by atoms with Crippen LogP contribution in [0.4, 0.5) is 0 Å². The second-order valence-corrected chi connectivity index (χ2v) is 8.08. The van der Waals surface area contributed by atoms with Crippen molar-refractivity contribution < 1.29 is 14.3 Å². The third-order valence-electron chi connectivity index (χ3n) is 5.18. The predicted octanol–water partition coefficient (Wildman–Crippen LogP) is 1.60. The number of carbonyl (C=O) groups excluding carboxylic acids is 2. The first kappa shape index (κ1) is 17.9. The summed E-state index contributed by atoms with van der Waals surface area (Å²) in [5.74, 6) is -0.754. The number of nitrogens with zero attached hydrogens (tertiary/aromatic N) is 2. The third kappa shape index (κ3) is 3.19. The standard InChI is InChI=1S/C19H21N3O4S/c1-21-9-11-10-22(7-6-12(11)16(17(20)23)19(21)25)18(24)15-5-4-14(27-15)13-3-2-8-26-13/h4-5,9,13H,2-3,6-8,10H2,1H3,(H2,20,23). The second-order valence-electron chi connectivity index (χ2n) is 6.97. The van der Waals surface area contributed by atoms with Crippen LogP contribution in [0.1, 0.15) is 55.0 Å². The zero-order valence-electron chi connectivity index (χ0n) is 15.1. The van der Waals surface area contributed by atoms with Crippen LogP contribution in [0.15, 0.2) is 23.1 Å². The Hall–Kier alpha value is -2.45. The normalized spacial score (nSPS) is 19.1. The molecule has 27 heavy (non-hydrogen) atoms. The molecule has 0 saturated carbocycles. The quantitative estimate of drug-likeness (QED) is 0.865. The first-order chi connectivity index (χ1) is 13.0. The molecular weight excluding hydrogens is 366 g/mol. The molecule has 8 heteroatoms. The summed E-state index contributed by atoms with van der Waals surface area (Å²) in [7, 11) is 1.59. The van der Waals surface area contributed by atoms with Crippen molar-refractivity contribution in [1.82, 2.24) is 9.47 Å². The average Bonchev–Trinajstić information content (AvgIpc) is 3.33. The fraction of sp³-hybridized carbons (Fsp3) is 0.421. The van der Waals surface area contributed by atoms with Crippen molar-refractivity contribution >= 4 is 23.2 Å². The van der Waals surface area contributed by atoms with E-state index < -0.39 is 5.91 Å². The van der Waals surface area contributed by atoms with Gasteiger partial charge in [0, 0.05) is 37.8 Å². The highest BCUT2D eigenvalue weighted by Crippen LogP contribution is 2.34. The van der Waals surface area contributed by atoms with Crippen LogP contribution in [-0.4, -0.2) is 34.4 Å². The number of ether oxygens (including phenoxy) is 1. The fourth-order valence-corrected chi connectivity index (χ4v) is 4.88. The molecule has 2 amide bonds. The Bertz CT molecular complexity index is 972. The maximum atomic E-state index is 12.9. The molecule has 2 aliphatic heterocycles. The number of amides is 2. The minimum atomic E-state index is -0.716. The van der Waals surface area contributed by atoms with Gasteiger partial charge in [-0.1, -0.05) is 0 Å². The fourth-order valence-electron chi connectivity index (χ4n) is 3.82. The topological polar surface area (TPSA) is 94.6 Å². The molecule has 0 bridgehead atoms. The van der Waals surface area contributed by atoms with Crippen LogP contribution in [0.25, 0.3) is 0 Å². The SMILES string of the molecule is Cn1cc2c(c(C(N)=O)c1=O)CCN(C(=O)c1ccc(C3CCCO3)s1)C2. The Morgan fingerprint density at radius 3 is 2.85 bits per heavy atom. The van der Waals surface area contributed by atoms with Crippen LogP contribution in [0.2, 0.25) is 0 Å². The molecule has 1 unspecified atom stereocenters. The molecule has 7 nitrogen and oxygen atoms in total. The molecule has 1 atom stereocenters. The lowest BCUT2D eigenvalue weighted by molar-refractivity contribution is 0.0739. The average molecular weight is 387 g/mol. The van der Waals surface area contributed by atoms with Crippen LogP contribution in [0.3, 0.4) is 0 Å². The van der Waals surface area contributed by atoms with Crippen LogP contribution in [-0.2, 0) is 24.8 Å². The van der Waals surface area contributed by atoms with Crippen molar-refractivity contribution in [3.05, 3.63) is 55.1 Å². The molecule has 2 aromatic heterocycles. The van der Waals surface area contributed by atoms with E-state index in [4.69, 9.17) is 10.5 Å². The summed E-state index contributed by atoms with van der Waals surface area (Å²) in [6.45, 7) is 1.58. The number of hydrogen-bond acceptors (Lipinski definition) is 5. The Morgan fingerprint density at radius 2 is 2.15 bits per heavy atom. The highest BCUT2D eigenvalue weighted by atomic mass is 32.1. The zero-order chi connectivity index (χ0) is 19.1. The van der Waals surface area contributed by atoms with Gasteiger partial charge in [0.2, 0.25) is 0 Å². The number of thiophene rings is 1. The summed E-state index contributed by atoms with van der Waals surface area (Å²) in [4.78, 5) is 40.4. The summed E-state index contributed by atoms with van der Waals surface area (Å²) < 4.78 is 7.05. The molecule has 4 rings (SSSR count). The summed E-state index contributed by atoms with van der Waals surface area (Å²) >= 11 is 1.48. The van der Waals surface area contributed by atoms with E-state index in [9.17, 15) is 14.4 Å². The lowest BCUT2D eigenvalue weighted by Crippen LogP contribution is -2.40. The molecule has 1 fully saturated rings. The number of aryl methyl sites for hydroxylation is 1. The van der Waals surface area contributed by atoms with E-state index in [1.807, 2.05) is 12.1 Å². The maximum Gasteiger partial charge on any atom is 0.264 e. The number of hydrogen-bond donors (Lipinski definition) is 1. The summed E-state index contributed by atoms with van der Waals surface area (Å²) in [5, 5.41) is 0. The summed E-state index contributed by atoms with van der Waals surface area (Å²) in [6.07, 6.45) is 4.28. The molecule has 4 heterocycles. The van der Waals surface area contributed by atoms with Gasteiger partial charge in [0.1, 0.15) is 5.56 Å². The number of rotatable bonds is 3. The van der Waals surface area contributed by atoms with Crippen molar-refractivity contribution in [3.8, 4) is 0 Å². The predicted molar refractivity (Wildman–Crippen MR) is 101 cm³/mol. The van der Waals surface area contributed by atoms with E-state index >= 15 is 0 Å². The summed E-state index contributed by atoms with van der Waals surface area (Å²) in [5.41, 5.74) is 6.53. The van der Waals surface area contributed by atoms with Gasteiger partial charge in [0.25, 0.3) is 17.4 Å². The molecule has 2 N–H and O–H groups in total. The molecule has 0 radical (unpaired) electrons. The molecule has 1 saturated heterocycles. The summed E-state index contributed by atoms with van der Waals surface area (Å²) in [6, 6.07) is 3.83. The molecular formula is C19H21N3O4S. The highest BCUT2D eigenvalue weighted by Gasteiger charge is 2.28. The lowest BCUT2D eigenvalue weighted by atomic mass is 9.96. The van der Waals surface area contributed by atoms with Gasteiger partial charge in [-0.15, -0.1) is 11.3 Å². The first-order valence-electron chi connectivity index (χ1n) is 8.97. The Balaban J connectivity index is 1.58. The number of pyridine rings is 1. The number of fused-ring (bicyclic) bond motifs is 1. The van der Waals surface area contributed by atoms with Gasteiger partial charge >= 0.3 is 0 Å². The third-order valence-corrected chi connectivity index (χ3v) is 6.35. The van der Waals surface area contributed by atoms with Crippen LogP contribution in [0, 0.1) is 0 Å². The first-order valence-corrected chi connectivity index (χ1v) is 9.79. The van der Waals surface area contributed by atoms with Gasteiger partial charge in [-0.05, 0) is 42.5 Å². The van der Waals surface area contributed by atoms with Crippen LogP contribution < -0.4 is 11.3 Å². The molecule has 0 aromatic carbocycles. The molecule has 142 valence electrons. The van der Waals surface area contributed by atoms with E-state index in [1.165, 1.54) is 15.9 Å². The minimum Gasteiger partial charge on any atom is -0.373 e. The zero-order valence-corrected chi connectivity index (χ0v) is 15.9. The Morgan fingerprint density at radius 1 is 1.33 bits per heavy atom. The minimum absolute atomic E-state index is 0.0376. The monoisotopic (exact) mass is 387 g/mol. The number of aromatic nitrogens is 1. The van der Waals surface area contributed by atoms with Gasteiger partial charge < -0.3 is 19.9 Å². The molecule has 0 spiro atoms. The largest absolute Gasteiger partial charge is 0.373 e. The van der Waals surface area contributed by atoms with Gasteiger partial charge in [0.15, 0.2) is 0 Å².